The zero-order valence-corrected chi connectivity index (χ0v) is 13.9. The summed E-state index contributed by atoms with van der Waals surface area (Å²) in [5, 5.41) is 3.93. The molecule has 116 valence electrons. The van der Waals surface area contributed by atoms with E-state index in [1.807, 2.05) is 0 Å². The Labute approximate surface area is 129 Å². The van der Waals surface area contributed by atoms with E-state index in [1.165, 1.54) is 49.1 Å². The number of aromatic nitrogens is 1. The van der Waals surface area contributed by atoms with Gasteiger partial charge in [-0.05, 0) is 81.8 Å². The summed E-state index contributed by atoms with van der Waals surface area (Å²) in [4.78, 5) is 0. The van der Waals surface area contributed by atoms with Crippen LogP contribution in [-0.4, -0.2) is 10.6 Å². The van der Waals surface area contributed by atoms with Gasteiger partial charge in [-0.2, -0.15) is 0 Å². The molecule has 0 amide bonds. The van der Waals surface area contributed by atoms with Crippen molar-refractivity contribution in [1.82, 2.24) is 9.88 Å². The maximum Gasteiger partial charge on any atom is 0.0226 e. The van der Waals surface area contributed by atoms with Gasteiger partial charge in [0.15, 0.2) is 0 Å². The highest BCUT2D eigenvalue weighted by atomic mass is 15.0. The Hall–Kier alpha value is -0.760. The highest BCUT2D eigenvalue weighted by Gasteiger charge is 2.53. The molecule has 0 saturated heterocycles. The molecular formula is C19H30N2. The van der Waals surface area contributed by atoms with Gasteiger partial charge >= 0.3 is 0 Å². The minimum Gasteiger partial charge on any atom is -0.349 e. The molecule has 1 aromatic heterocycles. The lowest BCUT2D eigenvalue weighted by Crippen LogP contribution is -2.38. The summed E-state index contributed by atoms with van der Waals surface area (Å²) in [5.74, 6) is 4.24. The molecule has 4 rings (SSSR count). The van der Waals surface area contributed by atoms with E-state index in [-0.39, 0.29) is 0 Å². The SMILES string of the molecule is CCn1c(C)cc(CNC2CC3CC2C2CCCC32)c1C. The van der Waals surface area contributed by atoms with Crippen molar-refractivity contribution in [3.8, 4) is 0 Å². The van der Waals surface area contributed by atoms with E-state index in [0.717, 1.165) is 42.8 Å². The Balaban J connectivity index is 1.42. The van der Waals surface area contributed by atoms with E-state index in [2.05, 4.69) is 36.7 Å². The fourth-order valence-corrected chi connectivity index (χ4v) is 6.08. The second-order valence-electron chi connectivity index (χ2n) is 7.78. The van der Waals surface area contributed by atoms with Crippen molar-refractivity contribution in [1.29, 1.82) is 0 Å². The maximum atomic E-state index is 3.93. The molecule has 2 bridgehead atoms. The van der Waals surface area contributed by atoms with Gasteiger partial charge in [0.25, 0.3) is 0 Å². The monoisotopic (exact) mass is 286 g/mol. The number of nitrogens with one attached hydrogen (secondary N) is 1. The van der Waals surface area contributed by atoms with E-state index >= 15 is 0 Å². The summed E-state index contributed by atoms with van der Waals surface area (Å²) < 4.78 is 2.44. The first-order chi connectivity index (χ1) is 10.2. The minimum absolute atomic E-state index is 0.805. The van der Waals surface area contributed by atoms with Gasteiger partial charge in [0.2, 0.25) is 0 Å². The summed E-state index contributed by atoms with van der Waals surface area (Å²) in [6.45, 7) is 8.93. The first-order valence-electron chi connectivity index (χ1n) is 9.08. The first kappa shape index (κ1) is 13.9. The number of aryl methyl sites for hydroxylation is 1. The van der Waals surface area contributed by atoms with Crippen molar-refractivity contribution < 1.29 is 0 Å². The van der Waals surface area contributed by atoms with E-state index < -0.39 is 0 Å². The van der Waals surface area contributed by atoms with Crippen molar-refractivity contribution in [2.45, 2.75) is 72.0 Å². The molecule has 0 aromatic carbocycles. The summed E-state index contributed by atoms with van der Waals surface area (Å²) >= 11 is 0. The zero-order chi connectivity index (χ0) is 14.6. The third-order valence-electron chi connectivity index (χ3n) is 6.98. The van der Waals surface area contributed by atoms with Crippen LogP contribution in [0.15, 0.2) is 6.07 Å². The van der Waals surface area contributed by atoms with Gasteiger partial charge in [-0.15, -0.1) is 0 Å². The molecule has 3 aliphatic rings. The van der Waals surface area contributed by atoms with Crippen LogP contribution < -0.4 is 5.32 Å². The highest BCUT2D eigenvalue weighted by molar-refractivity contribution is 5.26. The zero-order valence-electron chi connectivity index (χ0n) is 13.9. The van der Waals surface area contributed by atoms with Crippen molar-refractivity contribution >= 4 is 0 Å². The van der Waals surface area contributed by atoms with E-state index in [0.29, 0.717) is 0 Å². The van der Waals surface area contributed by atoms with Gasteiger partial charge in [0, 0.05) is 30.5 Å². The number of rotatable bonds is 4. The Morgan fingerprint density at radius 1 is 1.14 bits per heavy atom. The Kier molecular flexibility index (Phi) is 3.40. The topological polar surface area (TPSA) is 17.0 Å². The lowest BCUT2D eigenvalue weighted by Gasteiger charge is -2.32. The third kappa shape index (κ3) is 2.10. The summed E-state index contributed by atoms with van der Waals surface area (Å²) in [6, 6.07) is 3.19. The van der Waals surface area contributed by atoms with Crippen LogP contribution in [0.5, 0.6) is 0 Å². The standard InChI is InChI=1S/C19H30N2/c1-4-21-12(2)8-15(13(21)3)11-20-19-10-14-9-18(19)17-7-5-6-16(14)17/h8,14,16-20H,4-7,9-11H2,1-3H3. The average Bonchev–Trinajstić information content (AvgIpc) is 3.18. The van der Waals surface area contributed by atoms with Crippen LogP contribution in [0.3, 0.4) is 0 Å². The third-order valence-corrected chi connectivity index (χ3v) is 6.98. The molecule has 0 aliphatic heterocycles. The Morgan fingerprint density at radius 2 is 1.95 bits per heavy atom. The molecule has 3 saturated carbocycles. The normalized spacial score (nSPS) is 37.4. The lowest BCUT2D eigenvalue weighted by atomic mass is 9.79. The quantitative estimate of drug-likeness (QED) is 0.884. The van der Waals surface area contributed by atoms with Gasteiger partial charge in [-0.25, -0.2) is 0 Å². The number of fused-ring (bicyclic) bond motifs is 5. The van der Waals surface area contributed by atoms with Crippen molar-refractivity contribution in [2.75, 3.05) is 0 Å². The van der Waals surface area contributed by atoms with Gasteiger partial charge in [-0.3, -0.25) is 0 Å². The number of nitrogens with zero attached hydrogens (tertiary/aromatic N) is 1. The molecular weight excluding hydrogens is 256 g/mol. The Morgan fingerprint density at radius 3 is 2.71 bits per heavy atom. The van der Waals surface area contributed by atoms with Crippen LogP contribution >= 0.6 is 0 Å². The fourth-order valence-electron chi connectivity index (χ4n) is 6.08. The molecule has 0 spiro atoms. The van der Waals surface area contributed by atoms with Crippen molar-refractivity contribution in [2.24, 2.45) is 23.7 Å². The smallest absolute Gasteiger partial charge is 0.0226 e. The predicted octanol–water partition coefficient (Wildman–Crippen LogP) is 4.04. The highest BCUT2D eigenvalue weighted by Crippen LogP contribution is 2.58. The maximum absolute atomic E-state index is 3.93. The van der Waals surface area contributed by atoms with Gasteiger partial charge < -0.3 is 9.88 Å². The second-order valence-corrected chi connectivity index (χ2v) is 7.78. The molecule has 1 N–H and O–H groups in total. The van der Waals surface area contributed by atoms with Crippen molar-refractivity contribution in [3.63, 3.8) is 0 Å². The van der Waals surface area contributed by atoms with E-state index in [1.54, 1.807) is 0 Å². The van der Waals surface area contributed by atoms with Gasteiger partial charge in [0.05, 0.1) is 0 Å². The number of hydrogen-bond acceptors (Lipinski definition) is 1. The molecule has 1 heterocycles. The summed E-state index contributed by atoms with van der Waals surface area (Å²) in [6.07, 6.45) is 7.55. The van der Waals surface area contributed by atoms with Crippen LogP contribution in [0.25, 0.3) is 0 Å². The fraction of sp³-hybridized carbons (Fsp3) is 0.789. The first-order valence-corrected chi connectivity index (χ1v) is 9.08. The van der Waals surface area contributed by atoms with Crippen LogP contribution in [0.2, 0.25) is 0 Å². The van der Waals surface area contributed by atoms with Crippen molar-refractivity contribution in [3.05, 3.63) is 23.0 Å². The van der Waals surface area contributed by atoms with Gasteiger partial charge in [-0.1, -0.05) is 6.42 Å². The Bertz CT molecular complexity index is 530. The summed E-state index contributed by atoms with van der Waals surface area (Å²) in [7, 11) is 0. The molecule has 3 aliphatic carbocycles. The molecule has 3 fully saturated rings. The molecule has 0 radical (unpaired) electrons. The van der Waals surface area contributed by atoms with E-state index in [4.69, 9.17) is 0 Å². The second kappa shape index (κ2) is 5.15. The molecule has 2 nitrogen and oxygen atoms in total. The van der Waals surface area contributed by atoms with Crippen LogP contribution in [-0.2, 0) is 13.1 Å². The average molecular weight is 286 g/mol. The molecule has 2 heteroatoms. The van der Waals surface area contributed by atoms with E-state index in [9.17, 15) is 0 Å². The molecule has 5 unspecified atom stereocenters. The molecule has 21 heavy (non-hydrogen) atoms. The minimum atomic E-state index is 0.805. The lowest BCUT2D eigenvalue weighted by molar-refractivity contribution is 0.208. The van der Waals surface area contributed by atoms with Crippen LogP contribution in [0.4, 0.5) is 0 Å². The number of hydrogen-bond donors (Lipinski definition) is 1. The summed E-state index contributed by atoms with van der Waals surface area (Å²) in [5.41, 5.74) is 4.39. The predicted molar refractivity (Wildman–Crippen MR) is 87.3 cm³/mol. The van der Waals surface area contributed by atoms with Crippen LogP contribution in [0, 0.1) is 37.5 Å². The van der Waals surface area contributed by atoms with Gasteiger partial charge in [0.1, 0.15) is 0 Å². The molecule has 1 aromatic rings. The largest absolute Gasteiger partial charge is 0.349 e. The van der Waals surface area contributed by atoms with Crippen LogP contribution in [0.1, 0.15) is 56.0 Å². The molecule has 5 atom stereocenters.